The van der Waals surface area contributed by atoms with E-state index < -0.39 is 0 Å². The summed E-state index contributed by atoms with van der Waals surface area (Å²) in [4.78, 5) is 20.5. The van der Waals surface area contributed by atoms with Crippen LogP contribution >= 0.6 is 0 Å². The molecule has 2 N–H and O–H groups in total. The van der Waals surface area contributed by atoms with Gasteiger partial charge in [-0.2, -0.15) is 0 Å². The third-order valence-electron chi connectivity index (χ3n) is 3.36. The second kappa shape index (κ2) is 5.38. The maximum atomic E-state index is 12.1. The molecule has 1 aliphatic rings. The van der Waals surface area contributed by atoms with E-state index in [4.69, 9.17) is 0 Å². The van der Waals surface area contributed by atoms with Gasteiger partial charge in [-0.25, -0.2) is 0 Å². The van der Waals surface area contributed by atoms with Crippen molar-refractivity contribution in [3.05, 3.63) is 58.7 Å². The molecular formula is C15H16N4O. The van der Waals surface area contributed by atoms with Gasteiger partial charge in [-0.15, -0.1) is 0 Å². The predicted molar refractivity (Wildman–Crippen MR) is 74.9 cm³/mol. The molecule has 0 saturated carbocycles. The zero-order chi connectivity index (χ0) is 13.9. The smallest absolute Gasteiger partial charge is 0.251 e. The number of nitrogens with zero attached hydrogens (tertiary/aromatic N) is 2. The van der Waals surface area contributed by atoms with E-state index in [9.17, 15) is 4.79 Å². The van der Waals surface area contributed by atoms with E-state index in [0.29, 0.717) is 12.1 Å². The number of rotatable bonds is 3. The van der Waals surface area contributed by atoms with Crippen LogP contribution in [0.5, 0.6) is 0 Å². The van der Waals surface area contributed by atoms with Crippen molar-refractivity contribution in [1.82, 2.24) is 20.6 Å². The average molecular weight is 268 g/mol. The molecular weight excluding hydrogens is 252 g/mol. The molecule has 1 amide bonds. The Bertz CT molecular complexity index is 637. The third kappa shape index (κ3) is 2.67. The van der Waals surface area contributed by atoms with Gasteiger partial charge in [0.1, 0.15) is 0 Å². The highest BCUT2D eigenvalue weighted by Gasteiger charge is 2.13. The summed E-state index contributed by atoms with van der Waals surface area (Å²) in [6.07, 6.45) is 3.38. The van der Waals surface area contributed by atoms with Crippen molar-refractivity contribution in [3.8, 4) is 0 Å². The lowest BCUT2D eigenvalue weighted by Gasteiger charge is -2.06. The molecule has 0 bridgehead atoms. The van der Waals surface area contributed by atoms with Crippen LogP contribution in [0, 0.1) is 6.92 Å². The molecule has 1 aliphatic heterocycles. The van der Waals surface area contributed by atoms with E-state index in [-0.39, 0.29) is 5.91 Å². The number of carbonyl (C=O) groups is 1. The molecule has 20 heavy (non-hydrogen) atoms. The van der Waals surface area contributed by atoms with Gasteiger partial charge in [0.2, 0.25) is 0 Å². The summed E-state index contributed by atoms with van der Waals surface area (Å²) < 4.78 is 0. The number of aromatic nitrogens is 2. The molecule has 5 heteroatoms. The van der Waals surface area contributed by atoms with E-state index >= 15 is 0 Å². The van der Waals surface area contributed by atoms with Crippen molar-refractivity contribution in [1.29, 1.82) is 0 Å². The number of benzene rings is 1. The molecule has 0 atom stereocenters. The summed E-state index contributed by atoms with van der Waals surface area (Å²) in [5.74, 6) is -0.0814. The molecule has 5 nitrogen and oxygen atoms in total. The first-order valence-electron chi connectivity index (χ1n) is 6.60. The molecule has 0 saturated heterocycles. The minimum atomic E-state index is -0.0814. The Hall–Kier alpha value is -2.27. The Kier molecular flexibility index (Phi) is 3.43. The molecule has 2 heterocycles. The lowest BCUT2D eigenvalue weighted by atomic mass is 10.1. The lowest BCUT2D eigenvalue weighted by Crippen LogP contribution is -2.23. The van der Waals surface area contributed by atoms with Gasteiger partial charge in [0.05, 0.1) is 24.1 Å². The van der Waals surface area contributed by atoms with Crippen molar-refractivity contribution in [2.75, 3.05) is 0 Å². The second-order valence-corrected chi connectivity index (χ2v) is 4.92. The van der Waals surface area contributed by atoms with Crippen molar-refractivity contribution >= 4 is 5.91 Å². The zero-order valence-electron chi connectivity index (χ0n) is 11.3. The minimum Gasteiger partial charge on any atom is -0.346 e. The number of fused-ring (bicyclic) bond motifs is 1. The van der Waals surface area contributed by atoms with Crippen LogP contribution in [-0.4, -0.2) is 15.9 Å². The van der Waals surface area contributed by atoms with Crippen LogP contribution < -0.4 is 10.6 Å². The number of hydrogen-bond donors (Lipinski definition) is 2. The number of carbonyl (C=O) groups excluding carboxylic acids is 1. The first kappa shape index (κ1) is 12.7. The summed E-state index contributed by atoms with van der Waals surface area (Å²) in [7, 11) is 0. The van der Waals surface area contributed by atoms with Crippen molar-refractivity contribution < 1.29 is 4.79 Å². The normalized spacial score (nSPS) is 13.1. The quantitative estimate of drug-likeness (QED) is 0.881. The Labute approximate surface area is 117 Å². The van der Waals surface area contributed by atoms with Gasteiger partial charge in [0.15, 0.2) is 0 Å². The molecule has 0 spiro atoms. The molecule has 0 radical (unpaired) electrons. The van der Waals surface area contributed by atoms with Gasteiger partial charge in [0.25, 0.3) is 5.91 Å². The molecule has 102 valence electrons. The topological polar surface area (TPSA) is 66.9 Å². The Balaban J connectivity index is 1.66. The Morgan fingerprint density at radius 3 is 2.90 bits per heavy atom. The van der Waals surface area contributed by atoms with E-state index in [1.165, 1.54) is 11.1 Å². The number of hydrogen-bond acceptors (Lipinski definition) is 4. The van der Waals surface area contributed by atoms with Gasteiger partial charge < -0.3 is 10.6 Å². The molecule has 0 unspecified atom stereocenters. The van der Waals surface area contributed by atoms with Gasteiger partial charge in [-0.3, -0.25) is 14.8 Å². The Morgan fingerprint density at radius 2 is 2.10 bits per heavy atom. The fourth-order valence-corrected chi connectivity index (χ4v) is 2.22. The van der Waals surface area contributed by atoms with Gasteiger partial charge in [-0.05, 0) is 30.2 Å². The fourth-order valence-electron chi connectivity index (χ4n) is 2.22. The number of aryl methyl sites for hydroxylation is 1. The highest BCUT2D eigenvalue weighted by Crippen LogP contribution is 2.16. The minimum absolute atomic E-state index is 0.0814. The second-order valence-electron chi connectivity index (χ2n) is 4.92. The lowest BCUT2D eigenvalue weighted by molar-refractivity contribution is 0.0950. The average Bonchev–Trinajstić information content (AvgIpc) is 2.93. The number of amides is 1. The monoisotopic (exact) mass is 268 g/mol. The van der Waals surface area contributed by atoms with Crippen LogP contribution in [-0.2, 0) is 19.6 Å². The van der Waals surface area contributed by atoms with Gasteiger partial charge in [-0.1, -0.05) is 6.07 Å². The highest BCUT2D eigenvalue weighted by atomic mass is 16.1. The standard InChI is InChI=1S/C15H16N4O/c1-10-5-18-14(8-17-10)9-19-15(20)11-2-3-12-6-16-7-13(12)4-11/h2-5,8,16H,6-7,9H2,1H3,(H,19,20). The Morgan fingerprint density at radius 1 is 1.25 bits per heavy atom. The molecule has 1 aromatic heterocycles. The van der Waals surface area contributed by atoms with Crippen LogP contribution in [0.15, 0.2) is 30.6 Å². The van der Waals surface area contributed by atoms with Crippen LogP contribution in [0.4, 0.5) is 0 Å². The fraction of sp³-hybridized carbons (Fsp3) is 0.267. The number of nitrogens with one attached hydrogen (secondary N) is 2. The maximum absolute atomic E-state index is 12.1. The SMILES string of the molecule is Cc1cnc(CNC(=O)c2ccc3c(c2)CNC3)cn1. The van der Waals surface area contributed by atoms with Crippen LogP contribution in [0.3, 0.4) is 0 Å². The molecule has 1 aromatic carbocycles. The molecule has 0 fully saturated rings. The van der Waals surface area contributed by atoms with E-state index in [1.54, 1.807) is 12.4 Å². The van der Waals surface area contributed by atoms with Gasteiger partial charge >= 0.3 is 0 Å². The summed E-state index contributed by atoms with van der Waals surface area (Å²) in [5, 5.41) is 6.13. The maximum Gasteiger partial charge on any atom is 0.251 e. The van der Waals surface area contributed by atoms with E-state index in [0.717, 1.165) is 24.5 Å². The summed E-state index contributed by atoms with van der Waals surface area (Å²) in [6, 6.07) is 5.82. The zero-order valence-corrected chi connectivity index (χ0v) is 11.3. The highest BCUT2D eigenvalue weighted by molar-refractivity contribution is 5.94. The van der Waals surface area contributed by atoms with Crippen molar-refractivity contribution in [2.24, 2.45) is 0 Å². The first-order chi connectivity index (χ1) is 9.72. The molecule has 2 aromatic rings. The van der Waals surface area contributed by atoms with Crippen molar-refractivity contribution in [2.45, 2.75) is 26.6 Å². The summed E-state index contributed by atoms with van der Waals surface area (Å²) in [6.45, 7) is 3.99. The van der Waals surface area contributed by atoms with Crippen LogP contribution in [0.1, 0.15) is 32.9 Å². The summed E-state index contributed by atoms with van der Waals surface area (Å²) in [5.41, 5.74) is 4.78. The largest absolute Gasteiger partial charge is 0.346 e. The van der Waals surface area contributed by atoms with E-state index in [2.05, 4.69) is 20.6 Å². The van der Waals surface area contributed by atoms with Crippen molar-refractivity contribution in [3.63, 3.8) is 0 Å². The third-order valence-corrected chi connectivity index (χ3v) is 3.36. The van der Waals surface area contributed by atoms with Gasteiger partial charge in [0, 0.05) is 24.8 Å². The predicted octanol–water partition coefficient (Wildman–Crippen LogP) is 1.32. The van der Waals surface area contributed by atoms with Crippen LogP contribution in [0.2, 0.25) is 0 Å². The molecule has 3 rings (SSSR count). The molecule has 0 aliphatic carbocycles. The first-order valence-corrected chi connectivity index (χ1v) is 6.60. The summed E-state index contributed by atoms with van der Waals surface area (Å²) >= 11 is 0. The van der Waals surface area contributed by atoms with Crippen LogP contribution in [0.25, 0.3) is 0 Å². The van der Waals surface area contributed by atoms with E-state index in [1.807, 2.05) is 25.1 Å².